The molecule has 0 saturated carbocycles. The van der Waals surface area contributed by atoms with Crippen molar-refractivity contribution in [1.82, 2.24) is 20.4 Å². The van der Waals surface area contributed by atoms with Crippen molar-refractivity contribution in [2.24, 2.45) is 0 Å². The predicted octanol–water partition coefficient (Wildman–Crippen LogP) is 1.49. The maximum Gasteiger partial charge on any atom is 0.165 e. The molecule has 0 saturated heterocycles. The van der Waals surface area contributed by atoms with E-state index in [9.17, 15) is 0 Å². The summed E-state index contributed by atoms with van der Waals surface area (Å²) in [6, 6.07) is 1.89. The Morgan fingerprint density at radius 2 is 2.42 bits per heavy atom. The van der Waals surface area contributed by atoms with E-state index in [0.29, 0.717) is 0 Å². The van der Waals surface area contributed by atoms with E-state index in [1.54, 1.807) is 17.5 Å². The van der Waals surface area contributed by atoms with Crippen molar-refractivity contribution in [3.63, 3.8) is 0 Å². The van der Waals surface area contributed by atoms with E-state index in [2.05, 4.69) is 27.3 Å². The van der Waals surface area contributed by atoms with Crippen LogP contribution in [0.25, 0.3) is 10.7 Å². The summed E-state index contributed by atoms with van der Waals surface area (Å²) < 4.78 is 0. The minimum atomic E-state index is 0.907. The Bertz CT molecular complexity index is 351. The summed E-state index contributed by atoms with van der Waals surface area (Å²) in [7, 11) is 0. The van der Waals surface area contributed by atoms with Crippen LogP contribution in [0.15, 0.2) is 12.3 Å². The van der Waals surface area contributed by atoms with E-state index in [-0.39, 0.29) is 0 Å². The minimum absolute atomic E-state index is 0.907. The Balaban J connectivity index is 2.35. The third kappa shape index (κ3) is 1.23. The van der Waals surface area contributed by atoms with Crippen LogP contribution in [-0.2, 0) is 6.42 Å². The van der Waals surface area contributed by atoms with E-state index in [0.717, 1.165) is 22.1 Å². The van der Waals surface area contributed by atoms with Crippen LogP contribution in [0.1, 0.15) is 11.9 Å². The van der Waals surface area contributed by atoms with E-state index < -0.39 is 0 Å². The van der Waals surface area contributed by atoms with Crippen LogP contribution in [0, 0.1) is 0 Å². The summed E-state index contributed by atoms with van der Waals surface area (Å²) >= 11 is 1.60. The molecule has 4 nitrogen and oxygen atoms in total. The molecule has 0 bridgehead atoms. The Morgan fingerprint density at radius 1 is 1.50 bits per heavy atom. The smallest absolute Gasteiger partial charge is 0.165 e. The summed E-state index contributed by atoms with van der Waals surface area (Å²) in [6.07, 6.45) is 2.65. The molecule has 0 fully saturated rings. The molecule has 5 heteroatoms. The van der Waals surface area contributed by atoms with Gasteiger partial charge in [0.15, 0.2) is 5.01 Å². The molecule has 1 N–H and O–H groups in total. The first-order valence-corrected chi connectivity index (χ1v) is 4.54. The van der Waals surface area contributed by atoms with Gasteiger partial charge in [-0.3, -0.25) is 5.10 Å². The highest BCUT2D eigenvalue weighted by Crippen LogP contribution is 2.20. The average Bonchev–Trinajstić information content (AvgIpc) is 2.75. The van der Waals surface area contributed by atoms with Gasteiger partial charge in [-0.15, -0.1) is 10.2 Å². The molecule has 0 aliphatic carbocycles. The quantitative estimate of drug-likeness (QED) is 0.761. The predicted molar refractivity (Wildman–Crippen MR) is 46.9 cm³/mol. The molecule has 0 unspecified atom stereocenters. The van der Waals surface area contributed by atoms with Gasteiger partial charge in [0, 0.05) is 6.20 Å². The highest BCUT2D eigenvalue weighted by Gasteiger charge is 2.05. The fraction of sp³-hybridized carbons (Fsp3) is 0.286. The van der Waals surface area contributed by atoms with Crippen LogP contribution in [-0.4, -0.2) is 20.4 Å². The minimum Gasteiger partial charge on any atom is -0.275 e. The zero-order valence-electron chi connectivity index (χ0n) is 6.61. The molecule has 0 amide bonds. The third-order valence-corrected chi connectivity index (χ3v) is 2.60. The van der Waals surface area contributed by atoms with Gasteiger partial charge >= 0.3 is 0 Å². The lowest BCUT2D eigenvalue weighted by molar-refractivity contribution is 0.981. The number of hydrogen-bond donors (Lipinski definition) is 1. The van der Waals surface area contributed by atoms with Crippen LogP contribution in [0.2, 0.25) is 0 Å². The van der Waals surface area contributed by atoms with Gasteiger partial charge in [-0.1, -0.05) is 18.3 Å². The lowest BCUT2D eigenvalue weighted by Crippen LogP contribution is -1.77. The number of aryl methyl sites for hydroxylation is 1. The van der Waals surface area contributed by atoms with Gasteiger partial charge in [-0.25, -0.2) is 0 Å². The SMILES string of the molecule is CCc1nnc(-c2ccn[nH]2)s1. The number of nitrogens with zero attached hydrogens (tertiary/aromatic N) is 3. The lowest BCUT2D eigenvalue weighted by atomic mass is 10.5. The van der Waals surface area contributed by atoms with Crippen molar-refractivity contribution >= 4 is 11.3 Å². The molecule has 12 heavy (non-hydrogen) atoms. The first-order valence-electron chi connectivity index (χ1n) is 3.72. The van der Waals surface area contributed by atoms with Gasteiger partial charge in [0.2, 0.25) is 0 Å². The van der Waals surface area contributed by atoms with Crippen molar-refractivity contribution in [2.45, 2.75) is 13.3 Å². The largest absolute Gasteiger partial charge is 0.275 e. The summed E-state index contributed by atoms with van der Waals surface area (Å²) in [4.78, 5) is 0. The first kappa shape index (κ1) is 7.42. The molecular weight excluding hydrogens is 172 g/mol. The van der Waals surface area contributed by atoms with Gasteiger partial charge in [0.05, 0.1) is 5.69 Å². The maximum absolute atomic E-state index is 4.03. The van der Waals surface area contributed by atoms with Crippen molar-refractivity contribution in [2.75, 3.05) is 0 Å². The molecular formula is C7H8N4S. The Kier molecular flexibility index (Phi) is 1.87. The fourth-order valence-electron chi connectivity index (χ4n) is 0.880. The number of hydrogen-bond acceptors (Lipinski definition) is 4. The van der Waals surface area contributed by atoms with Crippen LogP contribution < -0.4 is 0 Å². The molecule has 0 aliphatic rings. The summed E-state index contributed by atoms with van der Waals surface area (Å²) in [5, 5.41) is 16.7. The van der Waals surface area contributed by atoms with Crippen molar-refractivity contribution in [1.29, 1.82) is 0 Å². The van der Waals surface area contributed by atoms with Crippen LogP contribution in [0.3, 0.4) is 0 Å². The molecule has 2 aromatic heterocycles. The van der Waals surface area contributed by atoms with E-state index in [1.165, 1.54) is 0 Å². The molecule has 62 valence electrons. The van der Waals surface area contributed by atoms with Crippen molar-refractivity contribution in [3.05, 3.63) is 17.3 Å². The summed E-state index contributed by atoms with van der Waals surface area (Å²) in [5.74, 6) is 0. The number of aromatic amines is 1. The van der Waals surface area contributed by atoms with E-state index in [1.807, 2.05) is 6.07 Å². The number of H-pyrrole nitrogens is 1. The number of aromatic nitrogens is 4. The third-order valence-electron chi connectivity index (χ3n) is 1.50. The topological polar surface area (TPSA) is 54.5 Å². The van der Waals surface area contributed by atoms with Gasteiger partial charge in [0.25, 0.3) is 0 Å². The highest BCUT2D eigenvalue weighted by atomic mass is 32.1. The Hall–Kier alpha value is -1.23. The van der Waals surface area contributed by atoms with Gasteiger partial charge < -0.3 is 0 Å². The second-order valence-corrected chi connectivity index (χ2v) is 3.39. The van der Waals surface area contributed by atoms with Gasteiger partial charge in [-0.2, -0.15) is 5.10 Å². The number of nitrogens with one attached hydrogen (secondary N) is 1. The second kappa shape index (κ2) is 3.02. The van der Waals surface area contributed by atoms with Gasteiger partial charge in [0.1, 0.15) is 5.01 Å². The van der Waals surface area contributed by atoms with Crippen LogP contribution in [0.5, 0.6) is 0 Å². The molecule has 2 rings (SSSR count). The molecule has 0 spiro atoms. The van der Waals surface area contributed by atoms with Crippen molar-refractivity contribution < 1.29 is 0 Å². The lowest BCUT2D eigenvalue weighted by Gasteiger charge is -1.83. The Labute approximate surface area is 73.7 Å². The first-order chi connectivity index (χ1) is 5.90. The normalized spacial score (nSPS) is 10.4. The molecule has 0 atom stereocenters. The standard InChI is InChI=1S/C7H8N4S/c1-2-6-10-11-7(12-6)5-3-4-8-9-5/h3-4H,2H2,1H3,(H,8,9). The molecule has 0 radical (unpaired) electrons. The maximum atomic E-state index is 4.03. The van der Waals surface area contributed by atoms with E-state index >= 15 is 0 Å². The zero-order chi connectivity index (χ0) is 8.39. The number of rotatable bonds is 2. The summed E-state index contributed by atoms with van der Waals surface area (Å²) in [5.41, 5.74) is 0.937. The molecule has 0 aliphatic heterocycles. The monoisotopic (exact) mass is 180 g/mol. The van der Waals surface area contributed by atoms with Crippen molar-refractivity contribution in [3.8, 4) is 10.7 Å². The molecule has 2 heterocycles. The summed E-state index contributed by atoms with van der Waals surface area (Å²) in [6.45, 7) is 2.07. The zero-order valence-corrected chi connectivity index (χ0v) is 7.43. The van der Waals surface area contributed by atoms with E-state index in [4.69, 9.17) is 0 Å². The molecule has 0 aromatic carbocycles. The molecule has 2 aromatic rings. The van der Waals surface area contributed by atoms with Gasteiger partial charge in [-0.05, 0) is 12.5 Å². The second-order valence-electron chi connectivity index (χ2n) is 2.32. The highest BCUT2D eigenvalue weighted by molar-refractivity contribution is 7.14. The Morgan fingerprint density at radius 3 is 3.00 bits per heavy atom. The van der Waals surface area contributed by atoms with Crippen LogP contribution >= 0.6 is 11.3 Å². The average molecular weight is 180 g/mol. The fourth-order valence-corrected chi connectivity index (χ4v) is 1.63. The van der Waals surface area contributed by atoms with Crippen LogP contribution in [0.4, 0.5) is 0 Å².